The molecule has 0 aliphatic carbocycles. The maximum atomic E-state index is 13.6. The Morgan fingerprint density at radius 3 is 2.80 bits per heavy atom. The molecule has 112 valence electrons. The Hall–Kier alpha value is -1.37. The highest BCUT2D eigenvalue weighted by Crippen LogP contribution is 2.21. The number of hydrogen-bond acceptors (Lipinski definition) is 6. The van der Waals surface area contributed by atoms with Gasteiger partial charge in [-0.3, -0.25) is 4.79 Å². The molecule has 0 aromatic carbocycles. The third-order valence-electron chi connectivity index (χ3n) is 1.99. The van der Waals surface area contributed by atoms with Gasteiger partial charge in [-0.05, 0) is 27.2 Å². The van der Waals surface area contributed by atoms with Crippen molar-refractivity contribution in [2.24, 2.45) is 0 Å². The topological polar surface area (TPSA) is 64.1 Å². The van der Waals surface area contributed by atoms with E-state index in [1.165, 1.54) is 0 Å². The third-order valence-corrected chi connectivity index (χ3v) is 2.93. The predicted molar refractivity (Wildman–Crippen MR) is 77.3 cm³/mol. The fraction of sp³-hybridized carbons (Fsp3) is 0.615. The second-order valence-electron chi connectivity index (χ2n) is 5.15. The number of halogens is 1. The zero-order valence-corrected chi connectivity index (χ0v) is 13.0. The number of thioether (sulfide) groups is 1. The lowest BCUT2D eigenvalue weighted by molar-refractivity contribution is -0.151. The SMILES string of the molecule is CCCNc1ncc(F)c(SCC(=O)OC(C)(C)C)n1. The second kappa shape index (κ2) is 7.42. The number of ether oxygens (including phenoxy) is 1. The summed E-state index contributed by atoms with van der Waals surface area (Å²) in [5.74, 6) is -0.567. The van der Waals surface area contributed by atoms with Crippen LogP contribution in [-0.2, 0) is 9.53 Å². The number of carbonyl (C=O) groups is 1. The molecule has 5 nitrogen and oxygen atoms in total. The van der Waals surface area contributed by atoms with Crippen molar-refractivity contribution in [3.8, 4) is 0 Å². The molecular formula is C13H20FN3O2S. The molecule has 1 aromatic heterocycles. The fourth-order valence-corrected chi connectivity index (χ4v) is 1.93. The Morgan fingerprint density at radius 1 is 1.50 bits per heavy atom. The zero-order valence-electron chi connectivity index (χ0n) is 12.2. The van der Waals surface area contributed by atoms with Gasteiger partial charge in [-0.1, -0.05) is 18.7 Å². The largest absolute Gasteiger partial charge is 0.459 e. The summed E-state index contributed by atoms with van der Waals surface area (Å²) in [6, 6.07) is 0. The average molecular weight is 301 g/mol. The van der Waals surface area contributed by atoms with Crippen LogP contribution in [0.1, 0.15) is 34.1 Å². The molecule has 20 heavy (non-hydrogen) atoms. The van der Waals surface area contributed by atoms with E-state index in [1.54, 1.807) is 20.8 Å². The van der Waals surface area contributed by atoms with Gasteiger partial charge in [-0.25, -0.2) is 14.4 Å². The summed E-state index contributed by atoms with van der Waals surface area (Å²) in [4.78, 5) is 19.4. The number of rotatable bonds is 6. The van der Waals surface area contributed by atoms with Gasteiger partial charge in [0.2, 0.25) is 5.95 Å². The number of hydrogen-bond donors (Lipinski definition) is 1. The molecule has 0 radical (unpaired) electrons. The minimum absolute atomic E-state index is 0.0123. The molecule has 1 heterocycles. The Balaban J connectivity index is 2.60. The Kier molecular flexibility index (Phi) is 6.19. The highest BCUT2D eigenvalue weighted by Gasteiger charge is 2.17. The standard InChI is InChI=1S/C13H20FN3O2S/c1-5-6-15-12-16-7-9(14)11(17-12)20-8-10(18)19-13(2,3)4/h7H,5-6,8H2,1-4H3,(H,15,16,17). The van der Waals surface area contributed by atoms with Crippen molar-refractivity contribution in [3.05, 3.63) is 12.0 Å². The minimum Gasteiger partial charge on any atom is -0.459 e. The van der Waals surface area contributed by atoms with Crippen LogP contribution in [0.4, 0.5) is 10.3 Å². The van der Waals surface area contributed by atoms with Crippen LogP contribution in [0.15, 0.2) is 11.2 Å². The van der Waals surface area contributed by atoms with Crippen LogP contribution in [0, 0.1) is 5.82 Å². The first-order chi connectivity index (χ1) is 9.31. The van der Waals surface area contributed by atoms with Crippen molar-refractivity contribution in [1.29, 1.82) is 0 Å². The van der Waals surface area contributed by atoms with Crippen LogP contribution in [0.2, 0.25) is 0 Å². The Bertz CT molecular complexity index is 463. The second-order valence-corrected chi connectivity index (χ2v) is 6.11. The van der Waals surface area contributed by atoms with Gasteiger partial charge in [0.05, 0.1) is 11.9 Å². The van der Waals surface area contributed by atoms with Crippen molar-refractivity contribution in [2.45, 2.75) is 44.7 Å². The Labute approximate surface area is 122 Å². The first-order valence-electron chi connectivity index (χ1n) is 6.43. The maximum absolute atomic E-state index is 13.6. The van der Waals surface area contributed by atoms with Crippen LogP contribution in [0.5, 0.6) is 0 Å². The van der Waals surface area contributed by atoms with Crippen LogP contribution in [-0.4, -0.2) is 33.8 Å². The van der Waals surface area contributed by atoms with E-state index >= 15 is 0 Å². The van der Waals surface area contributed by atoms with Crippen LogP contribution in [0.25, 0.3) is 0 Å². The van der Waals surface area contributed by atoms with E-state index < -0.39 is 17.4 Å². The third kappa shape index (κ3) is 6.18. The summed E-state index contributed by atoms with van der Waals surface area (Å²) in [5.41, 5.74) is -0.546. The molecule has 0 spiro atoms. The van der Waals surface area contributed by atoms with E-state index in [0.29, 0.717) is 12.5 Å². The van der Waals surface area contributed by atoms with Gasteiger partial charge in [0.25, 0.3) is 0 Å². The van der Waals surface area contributed by atoms with Crippen molar-refractivity contribution < 1.29 is 13.9 Å². The summed E-state index contributed by atoms with van der Waals surface area (Å²) >= 11 is 1.00. The highest BCUT2D eigenvalue weighted by atomic mass is 32.2. The summed E-state index contributed by atoms with van der Waals surface area (Å²) < 4.78 is 18.7. The lowest BCUT2D eigenvalue weighted by atomic mass is 10.2. The number of esters is 1. The van der Waals surface area contributed by atoms with Crippen LogP contribution in [0.3, 0.4) is 0 Å². The van der Waals surface area contributed by atoms with E-state index in [4.69, 9.17) is 4.74 Å². The van der Waals surface area contributed by atoms with E-state index in [9.17, 15) is 9.18 Å². The van der Waals surface area contributed by atoms with Gasteiger partial charge in [0.1, 0.15) is 10.6 Å². The molecule has 0 fully saturated rings. The summed E-state index contributed by atoms with van der Waals surface area (Å²) in [7, 11) is 0. The number of anilines is 1. The average Bonchev–Trinajstić information content (AvgIpc) is 2.34. The summed E-state index contributed by atoms with van der Waals surface area (Å²) in [6.45, 7) is 8.07. The number of aromatic nitrogens is 2. The lowest BCUT2D eigenvalue weighted by Crippen LogP contribution is -2.25. The molecule has 0 atom stereocenters. The van der Waals surface area contributed by atoms with Gasteiger partial charge in [-0.2, -0.15) is 0 Å². The normalized spacial score (nSPS) is 11.2. The van der Waals surface area contributed by atoms with Crippen LogP contribution >= 0.6 is 11.8 Å². The van der Waals surface area contributed by atoms with Crippen molar-refractivity contribution in [3.63, 3.8) is 0 Å². The van der Waals surface area contributed by atoms with Gasteiger partial charge in [-0.15, -0.1) is 0 Å². The molecule has 0 amide bonds. The summed E-state index contributed by atoms with van der Waals surface area (Å²) in [5, 5.41) is 3.11. The minimum atomic E-state index is -0.546. The quantitative estimate of drug-likeness (QED) is 0.495. The molecule has 1 aromatic rings. The van der Waals surface area contributed by atoms with Crippen molar-refractivity contribution in [2.75, 3.05) is 17.6 Å². The number of nitrogens with zero attached hydrogens (tertiary/aromatic N) is 2. The van der Waals surface area contributed by atoms with E-state index in [2.05, 4.69) is 15.3 Å². The molecule has 0 saturated heterocycles. The van der Waals surface area contributed by atoms with Gasteiger partial charge in [0, 0.05) is 6.54 Å². The van der Waals surface area contributed by atoms with Gasteiger partial charge in [0.15, 0.2) is 5.82 Å². The van der Waals surface area contributed by atoms with Crippen LogP contribution < -0.4 is 5.32 Å². The van der Waals surface area contributed by atoms with E-state index in [0.717, 1.165) is 24.4 Å². The molecule has 0 aliphatic heterocycles. The molecular weight excluding hydrogens is 281 g/mol. The molecule has 1 rings (SSSR count). The van der Waals surface area contributed by atoms with E-state index in [-0.39, 0.29) is 10.8 Å². The molecule has 0 bridgehead atoms. The van der Waals surface area contributed by atoms with Gasteiger partial charge >= 0.3 is 5.97 Å². The molecule has 0 unspecified atom stereocenters. The highest BCUT2D eigenvalue weighted by molar-refractivity contribution is 7.99. The Morgan fingerprint density at radius 2 is 2.20 bits per heavy atom. The maximum Gasteiger partial charge on any atom is 0.316 e. The zero-order chi connectivity index (χ0) is 15.2. The summed E-state index contributed by atoms with van der Waals surface area (Å²) in [6.07, 6.45) is 2.02. The number of carbonyl (C=O) groups excluding carboxylic acids is 1. The number of nitrogens with one attached hydrogen (secondary N) is 1. The van der Waals surface area contributed by atoms with Gasteiger partial charge < -0.3 is 10.1 Å². The monoisotopic (exact) mass is 301 g/mol. The molecule has 0 saturated carbocycles. The molecule has 1 N–H and O–H groups in total. The molecule has 7 heteroatoms. The van der Waals surface area contributed by atoms with Crippen molar-refractivity contribution >= 4 is 23.7 Å². The predicted octanol–water partition coefficient (Wildman–Crippen LogP) is 2.87. The molecule has 0 aliphatic rings. The lowest BCUT2D eigenvalue weighted by Gasteiger charge is -2.19. The fourth-order valence-electron chi connectivity index (χ4n) is 1.27. The van der Waals surface area contributed by atoms with E-state index in [1.807, 2.05) is 6.92 Å². The first-order valence-corrected chi connectivity index (χ1v) is 7.41. The smallest absolute Gasteiger partial charge is 0.316 e. The van der Waals surface area contributed by atoms with Crippen molar-refractivity contribution in [1.82, 2.24) is 9.97 Å². The first kappa shape index (κ1) is 16.7.